The fourth-order valence-corrected chi connectivity index (χ4v) is 2.60. The summed E-state index contributed by atoms with van der Waals surface area (Å²) >= 11 is 3.44. The molecule has 0 bridgehead atoms. The predicted molar refractivity (Wildman–Crippen MR) is 71.9 cm³/mol. The first-order valence-electron chi connectivity index (χ1n) is 5.87. The number of likely N-dealkylation sites (tertiary alicyclic amines) is 1. The zero-order chi connectivity index (χ0) is 12.4. The number of carbonyl (C=O) groups excluding carboxylic acids is 1. The van der Waals surface area contributed by atoms with Crippen LogP contribution < -0.4 is 5.73 Å². The van der Waals surface area contributed by atoms with Gasteiger partial charge in [-0.25, -0.2) is 0 Å². The number of amides is 1. The lowest BCUT2D eigenvalue weighted by Crippen LogP contribution is -2.30. The summed E-state index contributed by atoms with van der Waals surface area (Å²) in [6.45, 7) is 4.27. The Balaban J connectivity index is 2.17. The number of hydrogen-bond acceptors (Lipinski definition) is 2. The smallest absolute Gasteiger partial charge is 0.255 e. The van der Waals surface area contributed by atoms with Crippen LogP contribution >= 0.6 is 15.9 Å². The Hall–Kier alpha value is -0.870. The minimum absolute atomic E-state index is 0.108. The number of carbonyl (C=O) groups is 1. The summed E-state index contributed by atoms with van der Waals surface area (Å²) in [5.41, 5.74) is 7.50. The number of nitrogens with two attached hydrogens (primary N) is 1. The molecule has 1 saturated heterocycles. The zero-order valence-electron chi connectivity index (χ0n) is 9.95. The molecule has 0 saturated carbocycles. The summed E-state index contributed by atoms with van der Waals surface area (Å²) < 4.78 is 0.865. The van der Waals surface area contributed by atoms with Gasteiger partial charge in [0.25, 0.3) is 5.91 Å². The van der Waals surface area contributed by atoms with Crippen LogP contribution in [-0.4, -0.2) is 30.4 Å². The number of rotatable bonds is 2. The summed E-state index contributed by atoms with van der Waals surface area (Å²) in [4.78, 5) is 14.2. The van der Waals surface area contributed by atoms with Gasteiger partial charge in [-0.2, -0.15) is 0 Å². The third-order valence-electron chi connectivity index (χ3n) is 3.26. The van der Waals surface area contributed by atoms with Gasteiger partial charge in [-0.05, 0) is 53.9 Å². The normalized spacial score (nSPS) is 19.7. The Labute approximate surface area is 110 Å². The van der Waals surface area contributed by atoms with Crippen LogP contribution in [0.25, 0.3) is 0 Å². The second-order valence-electron chi connectivity index (χ2n) is 4.62. The van der Waals surface area contributed by atoms with Crippen LogP contribution in [0.4, 0.5) is 0 Å². The molecule has 3 nitrogen and oxygen atoms in total. The molecular formula is C13H17BrN2O. The molecule has 1 fully saturated rings. The topological polar surface area (TPSA) is 46.3 Å². The SMILES string of the molecule is Cc1ccc(Br)c(C(=O)N2CCC(CN)C2)c1. The van der Waals surface area contributed by atoms with Crippen molar-refractivity contribution in [2.24, 2.45) is 11.7 Å². The molecule has 1 amide bonds. The Bertz CT molecular complexity index is 433. The van der Waals surface area contributed by atoms with Crippen molar-refractivity contribution in [3.8, 4) is 0 Å². The van der Waals surface area contributed by atoms with E-state index in [1.165, 1.54) is 0 Å². The second kappa shape index (κ2) is 5.19. The number of halogens is 1. The van der Waals surface area contributed by atoms with Crippen molar-refractivity contribution in [2.45, 2.75) is 13.3 Å². The van der Waals surface area contributed by atoms with E-state index in [-0.39, 0.29) is 5.91 Å². The first-order chi connectivity index (χ1) is 8.11. The summed E-state index contributed by atoms with van der Waals surface area (Å²) in [7, 11) is 0. The van der Waals surface area contributed by atoms with Crippen molar-refractivity contribution < 1.29 is 4.79 Å². The molecule has 0 radical (unpaired) electrons. The average Bonchev–Trinajstić information content (AvgIpc) is 2.80. The van der Waals surface area contributed by atoms with Crippen LogP contribution in [0.1, 0.15) is 22.3 Å². The van der Waals surface area contributed by atoms with Gasteiger partial charge in [0.05, 0.1) is 5.56 Å². The van der Waals surface area contributed by atoms with E-state index in [2.05, 4.69) is 15.9 Å². The summed E-state index contributed by atoms with van der Waals surface area (Å²) in [6, 6.07) is 5.86. The monoisotopic (exact) mass is 296 g/mol. The predicted octanol–water partition coefficient (Wildman–Crippen LogP) is 2.18. The Morgan fingerprint density at radius 3 is 3.00 bits per heavy atom. The van der Waals surface area contributed by atoms with Gasteiger partial charge >= 0.3 is 0 Å². The lowest BCUT2D eigenvalue weighted by molar-refractivity contribution is 0.0786. The maximum absolute atomic E-state index is 12.3. The molecule has 4 heteroatoms. The maximum atomic E-state index is 12.3. The molecule has 1 aromatic rings. The van der Waals surface area contributed by atoms with Crippen LogP contribution in [0.2, 0.25) is 0 Å². The third kappa shape index (κ3) is 2.69. The van der Waals surface area contributed by atoms with Crippen LogP contribution in [0.15, 0.2) is 22.7 Å². The van der Waals surface area contributed by atoms with E-state index in [0.29, 0.717) is 12.5 Å². The molecule has 1 aromatic carbocycles. The van der Waals surface area contributed by atoms with Gasteiger partial charge < -0.3 is 10.6 Å². The Kier molecular flexibility index (Phi) is 3.84. The van der Waals surface area contributed by atoms with Gasteiger partial charge in [0, 0.05) is 17.6 Å². The standard InChI is InChI=1S/C13H17BrN2O/c1-9-2-3-12(14)11(6-9)13(17)16-5-4-10(7-15)8-16/h2-3,6,10H,4-5,7-8,15H2,1H3. The largest absolute Gasteiger partial charge is 0.338 e. The maximum Gasteiger partial charge on any atom is 0.255 e. The molecule has 1 aliphatic heterocycles. The highest BCUT2D eigenvalue weighted by atomic mass is 79.9. The number of aryl methyl sites for hydroxylation is 1. The van der Waals surface area contributed by atoms with Gasteiger partial charge in [0.15, 0.2) is 0 Å². The van der Waals surface area contributed by atoms with Gasteiger partial charge in [0.1, 0.15) is 0 Å². The van der Waals surface area contributed by atoms with Gasteiger partial charge in [0.2, 0.25) is 0 Å². The molecule has 1 aliphatic rings. The molecule has 0 aromatic heterocycles. The molecule has 1 heterocycles. The highest BCUT2D eigenvalue weighted by molar-refractivity contribution is 9.10. The number of benzene rings is 1. The summed E-state index contributed by atoms with van der Waals surface area (Å²) in [6.07, 6.45) is 1.02. The lowest BCUT2D eigenvalue weighted by atomic mass is 10.1. The Morgan fingerprint density at radius 2 is 2.35 bits per heavy atom. The summed E-state index contributed by atoms with van der Waals surface area (Å²) in [5, 5.41) is 0. The van der Waals surface area contributed by atoms with E-state index in [4.69, 9.17) is 5.73 Å². The van der Waals surface area contributed by atoms with E-state index < -0.39 is 0 Å². The molecular weight excluding hydrogens is 280 g/mol. The molecule has 2 N–H and O–H groups in total. The fourth-order valence-electron chi connectivity index (χ4n) is 2.18. The number of nitrogens with zero attached hydrogens (tertiary/aromatic N) is 1. The quantitative estimate of drug-likeness (QED) is 0.909. The molecule has 0 aliphatic carbocycles. The van der Waals surface area contributed by atoms with Crippen LogP contribution in [-0.2, 0) is 0 Å². The highest BCUT2D eigenvalue weighted by Crippen LogP contribution is 2.23. The van der Waals surface area contributed by atoms with Gasteiger partial charge in [-0.1, -0.05) is 11.6 Å². The van der Waals surface area contributed by atoms with Crippen LogP contribution in [0.3, 0.4) is 0 Å². The highest BCUT2D eigenvalue weighted by Gasteiger charge is 2.26. The van der Waals surface area contributed by atoms with Crippen molar-refractivity contribution in [3.05, 3.63) is 33.8 Å². The van der Waals surface area contributed by atoms with Crippen LogP contribution in [0.5, 0.6) is 0 Å². The summed E-state index contributed by atoms with van der Waals surface area (Å²) in [5.74, 6) is 0.569. The van der Waals surface area contributed by atoms with E-state index in [0.717, 1.165) is 35.1 Å². The van der Waals surface area contributed by atoms with E-state index in [1.807, 2.05) is 30.0 Å². The van der Waals surface area contributed by atoms with Gasteiger partial charge in [-0.3, -0.25) is 4.79 Å². The molecule has 1 atom stereocenters. The molecule has 0 spiro atoms. The van der Waals surface area contributed by atoms with E-state index in [9.17, 15) is 4.79 Å². The first kappa shape index (κ1) is 12.6. The van der Waals surface area contributed by atoms with Gasteiger partial charge in [-0.15, -0.1) is 0 Å². The lowest BCUT2D eigenvalue weighted by Gasteiger charge is -2.17. The van der Waals surface area contributed by atoms with E-state index in [1.54, 1.807) is 0 Å². The molecule has 17 heavy (non-hydrogen) atoms. The minimum Gasteiger partial charge on any atom is -0.338 e. The molecule has 92 valence electrons. The Morgan fingerprint density at radius 1 is 1.59 bits per heavy atom. The van der Waals surface area contributed by atoms with Crippen molar-refractivity contribution in [1.29, 1.82) is 0 Å². The number of hydrogen-bond donors (Lipinski definition) is 1. The van der Waals surface area contributed by atoms with Crippen molar-refractivity contribution >= 4 is 21.8 Å². The third-order valence-corrected chi connectivity index (χ3v) is 3.95. The average molecular weight is 297 g/mol. The zero-order valence-corrected chi connectivity index (χ0v) is 11.5. The fraction of sp³-hybridized carbons (Fsp3) is 0.462. The van der Waals surface area contributed by atoms with E-state index >= 15 is 0 Å². The molecule has 1 unspecified atom stereocenters. The minimum atomic E-state index is 0.108. The van der Waals surface area contributed by atoms with Crippen molar-refractivity contribution in [2.75, 3.05) is 19.6 Å². The van der Waals surface area contributed by atoms with Crippen molar-refractivity contribution in [1.82, 2.24) is 4.90 Å². The second-order valence-corrected chi connectivity index (χ2v) is 5.48. The first-order valence-corrected chi connectivity index (χ1v) is 6.66. The molecule has 2 rings (SSSR count). The van der Waals surface area contributed by atoms with Crippen LogP contribution in [0, 0.1) is 12.8 Å². The van der Waals surface area contributed by atoms with Crippen molar-refractivity contribution in [3.63, 3.8) is 0 Å².